The molecule has 2 heterocycles. The average molecular weight is 301 g/mol. The van der Waals surface area contributed by atoms with Crippen LogP contribution in [0.3, 0.4) is 0 Å². The summed E-state index contributed by atoms with van der Waals surface area (Å²) in [5.74, 6) is -0.0239. The van der Waals surface area contributed by atoms with Crippen LogP contribution in [0.2, 0.25) is 5.28 Å². The predicted octanol–water partition coefficient (Wildman–Crippen LogP) is 0.661. The quantitative estimate of drug-likeness (QED) is 0.632. The number of carbonyl (C=O) groups excluding carboxylic acids is 1. The van der Waals surface area contributed by atoms with E-state index in [0.29, 0.717) is 12.4 Å². The lowest BCUT2D eigenvalue weighted by atomic mass is 10.4. The number of hydrogen-bond acceptors (Lipinski definition) is 7. The van der Waals surface area contributed by atoms with Gasteiger partial charge in [0.1, 0.15) is 5.82 Å². The van der Waals surface area contributed by atoms with Crippen molar-refractivity contribution in [1.82, 2.24) is 14.9 Å². The standard InChI is InChI=1S/C12H17ClN4O3/c1-19-11(18)9-8-10(16-12(13)15-9)14-2-3-17-4-6-20-7-5-17/h8H,2-7H2,1H3,(H,14,15,16). The molecule has 0 saturated carbocycles. The Morgan fingerprint density at radius 3 is 2.95 bits per heavy atom. The van der Waals surface area contributed by atoms with Crippen LogP contribution in [0.5, 0.6) is 0 Å². The van der Waals surface area contributed by atoms with Crippen LogP contribution in [-0.4, -0.2) is 67.3 Å². The minimum absolute atomic E-state index is 0.0155. The van der Waals surface area contributed by atoms with Gasteiger partial charge in [0.25, 0.3) is 0 Å². The summed E-state index contributed by atoms with van der Waals surface area (Å²) < 4.78 is 9.89. The second kappa shape index (κ2) is 7.37. The van der Waals surface area contributed by atoms with Crippen molar-refractivity contribution in [3.05, 3.63) is 17.0 Å². The summed E-state index contributed by atoms with van der Waals surface area (Å²) in [5, 5.41) is 3.14. The van der Waals surface area contributed by atoms with Gasteiger partial charge in [0, 0.05) is 32.2 Å². The van der Waals surface area contributed by atoms with Crippen molar-refractivity contribution in [2.24, 2.45) is 0 Å². The van der Waals surface area contributed by atoms with E-state index in [2.05, 4.69) is 24.9 Å². The van der Waals surface area contributed by atoms with Gasteiger partial charge < -0.3 is 14.8 Å². The monoisotopic (exact) mass is 300 g/mol. The molecule has 8 heteroatoms. The maximum Gasteiger partial charge on any atom is 0.356 e. The minimum atomic E-state index is -0.537. The lowest BCUT2D eigenvalue weighted by Crippen LogP contribution is -2.39. The predicted molar refractivity (Wildman–Crippen MR) is 74.1 cm³/mol. The zero-order valence-corrected chi connectivity index (χ0v) is 12.0. The maximum absolute atomic E-state index is 11.4. The SMILES string of the molecule is COC(=O)c1cc(NCCN2CCOCC2)nc(Cl)n1. The highest BCUT2D eigenvalue weighted by atomic mass is 35.5. The molecule has 0 amide bonds. The van der Waals surface area contributed by atoms with E-state index in [1.54, 1.807) is 0 Å². The molecule has 0 radical (unpaired) electrons. The first kappa shape index (κ1) is 15.0. The smallest absolute Gasteiger partial charge is 0.356 e. The van der Waals surface area contributed by atoms with Crippen LogP contribution >= 0.6 is 11.6 Å². The number of nitrogens with zero attached hydrogens (tertiary/aromatic N) is 3. The molecule has 110 valence electrons. The number of morpholine rings is 1. The van der Waals surface area contributed by atoms with E-state index in [9.17, 15) is 4.79 Å². The van der Waals surface area contributed by atoms with Crippen molar-refractivity contribution in [3.63, 3.8) is 0 Å². The molecule has 1 N–H and O–H groups in total. The third-order valence-corrected chi connectivity index (χ3v) is 3.10. The van der Waals surface area contributed by atoms with E-state index in [4.69, 9.17) is 16.3 Å². The third-order valence-electron chi connectivity index (χ3n) is 2.93. The summed E-state index contributed by atoms with van der Waals surface area (Å²) in [6.07, 6.45) is 0. The maximum atomic E-state index is 11.4. The number of methoxy groups -OCH3 is 1. The number of aromatic nitrogens is 2. The van der Waals surface area contributed by atoms with Gasteiger partial charge in [-0.05, 0) is 11.6 Å². The summed E-state index contributed by atoms with van der Waals surface area (Å²) in [6, 6.07) is 1.52. The Balaban J connectivity index is 1.88. The van der Waals surface area contributed by atoms with Crippen molar-refractivity contribution in [1.29, 1.82) is 0 Å². The van der Waals surface area contributed by atoms with Gasteiger partial charge in [-0.2, -0.15) is 0 Å². The molecular formula is C12H17ClN4O3. The fourth-order valence-electron chi connectivity index (χ4n) is 1.88. The van der Waals surface area contributed by atoms with Crippen LogP contribution in [-0.2, 0) is 9.47 Å². The normalized spacial score (nSPS) is 15.9. The van der Waals surface area contributed by atoms with Crippen LogP contribution in [0.25, 0.3) is 0 Å². The van der Waals surface area contributed by atoms with E-state index in [1.807, 2.05) is 0 Å². The Bertz CT molecular complexity index is 466. The number of rotatable bonds is 5. The van der Waals surface area contributed by atoms with Gasteiger partial charge in [0.05, 0.1) is 20.3 Å². The molecule has 1 aliphatic heterocycles. The molecule has 7 nitrogen and oxygen atoms in total. The summed E-state index contributed by atoms with van der Waals surface area (Å²) >= 11 is 5.78. The number of halogens is 1. The van der Waals surface area contributed by atoms with E-state index in [0.717, 1.165) is 32.8 Å². The van der Waals surface area contributed by atoms with Crippen LogP contribution in [0.1, 0.15) is 10.5 Å². The highest BCUT2D eigenvalue weighted by molar-refractivity contribution is 6.28. The van der Waals surface area contributed by atoms with Gasteiger partial charge in [-0.25, -0.2) is 14.8 Å². The molecule has 0 aliphatic carbocycles. The summed E-state index contributed by atoms with van der Waals surface area (Å²) in [6.45, 7) is 4.98. The van der Waals surface area contributed by atoms with Gasteiger partial charge >= 0.3 is 5.97 Å². The molecule has 0 bridgehead atoms. The summed E-state index contributed by atoms with van der Waals surface area (Å²) in [4.78, 5) is 21.6. The van der Waals surface area contributed by atoms with Crippen molar-refractivity contribution in [2.75, 3.05) is 51.8 Å². The first-order valence-corrected chi connectivity index (χ1v) is 6.73. The number of anilines is 1. The Kier molecular flexibility index (Phi) is 5.51. The molecule has 1 aliphatic rings. The van der Waals surface area contributed by atoms with Gasteiger partial charge in [0.15, 0.2) is 5.69 Å². The zero-order valence-electron chi connectivity index (χ0n) is 11.3. The van der Waals surface area contributed by atoms with Gasteiger partial charge in [-0.15, -0.1) is 0 Å². The lowest BCUT2D eigenvalue weighted by Gasteiger charge is -2.26. The van der Waals surface area contributed by atoms with E-state index in [-0.39, 0.29) is 11.0 Å². The van der Waals surface area contributed by atoms with E-state index in [1.165, 1.54) is 13.2 Å². The minimum Gasteiger partial charge on any atom is -0.464 e. The van der Waals surface area contributed by atoms with Gasteiger partial charge in [-0.3, -0.25) is 4.90 Å². The molecular weight excluding hydrogens is 284 g/mol. The molecule has 1 saturated heterocycles. The molecule has 0 atom stereocenters. The van der Waals surface area contributed by atoms with Gasteiger partial charge in [-0.1, -0.05) is 0 Å². The zero-order chi connectivity index (χ0) is 14.4. The number of nitrogens with one attached hydrogen (secondary N) is 1. The van der Waals surface area contributed by atoms with Crippen molar-refractivity contribution in [3.8, 4) is 0 Å². The van der Waals surface area contributed by atoms with E-state index >= 15 is 0 Å². The fourth-order valence-corrected chi connectivity index (χ4v) is 2.07. The molecule has 0 unspecified atom stereocenters. The van der Waals surface area contributed by atoms with E-state index < -0.39 is 5.97 Å². The molecule has 2 rings (SSSR count). The average Bonchev–Trinajstić information content (AvgIpc) is 2.47. The Morgan fingerprint density at radius 2 is 2.25 bits per heavy atom. The summed E-state index contributed by atoms with van der Waals surface area (Å²) in [7, 11) is 1.30. The van der Waals surface area contributed by atoms with Gasteiger partial charge in [0.2, 0.25) is 5.28 Å². The highest BCUT2D eigenvalue weighted by Gasteiger charge is 2.12. The van der Waals surface area contributed by atoms with Crippen molar-refractivity contribution >= 4 is 23.4 Å². The number of esters is 1. The molecule has 0 aromatic carbocycles. The molecule has 1 aromatic rings. The molecule has 1 fully saturated rings. The second-order valence-corrected chi connectivity index (χ2v) is 4.62. The molecule has 1 aromatic heterocycles. The fraction of sp³-hybridized carbons (Fsp3) is 0.583. The number of hydrogen-bond donors (Lipinski definition) is 1. The number of carbonyl (C=O) groups is 1. The van der Waals surface area contributed by atoms with Crippen molar-refractivity contribution in [2.45, 2.75) is 0 Å². The van der Waals surface area contributed by atoms with Crippen LogP contribution < -0.4 is 5.32 Å². The molecule has 0 spiro atoms. The van der Waals surface area contributed by atoms with Crippen LogP contribution in [0.4, 0.5) is 5.82 Å². The third kappa shape index (κ3) is 4.29. The summed E-state index contributed by atoms with van der Waals surface area (Å²) in [5.41, 5.74) is 0.140. The number of ether oxygens (including phenoxy) is 2. The molecule has 20 heavy (non-hydrogen) atoms. The Hall–Kier alpha value is -1.44. The highest BCUT2D eigenvalue weighted by Crippen LogP contribution is 2.11. The first-order valence-electron chi connectivity index (χ1n) is 6.36. The largest absolute Gasteiger partial charge is 0.464 e. The second-order valence-electron chi connectivity index (χ2n) is 4.28. The lowest BCUT2D eigenvalue weighted by molar-refractivity contribution is 0.0398. The first-order chi connectivity index (χ1) is 9.69. The van der Waals surface area contributed by atoms with Crippen molar-refractivity contribution < 1.29 is 14.3 Å². The Morgan fingerprint density at radius 1 is 1.50 bits per heavy atom. The van der Waals surface area contributed by atoms with Crippen LogP contribution in [0.15, 0.2) is 6.07 Å². The Labute approximate surface area is 122 Å². The topological polar surface area (TPSA) is 76.6 Å². The van der Waals surface area contributed by atoms with Crippen LogP contribution in [0, 0.1) is 0 Å².